The first-order valence-corrected chi connectivity index (χ1v) is 14.3. The normalized spacial score (nSPS) is 19.9. The molecular formula is C31H35F4N5O3. The average molecular weight is 602 g/mol. The second kappa shape index (κ2) is 11.1. The third kappa shape index (κ3) is 6.63. The van der Waals surface area contributed by atoms with Crippen molar-refractivity contribution in [3.8, 4) is 6.07 Å². The Morgan fingerprint density at radius 2 is 1.84 bits per heavy atom. The lowest BCUT2D eigenvalue weighted by molar-refractivity contribution is -0.161. The number of fused-ring (bicyclic) bond motifs is 3. The van der Waals surface area contributed by atoms with Crippen LogP contribution in [0.3, 0.4) is 0 Å². The van der Waals surface area contributed by atoms with Crippen molar-refractivity contribution in [2.75, 3.05) is 27.2 Å². The molecule has 2 heterocycles. The van der Waals surface area contributed by atoms with Gasteiger partial charge in [0.2, 0.25) is 5.91 Å². The van der Waals surface area contributed by atoms with E-state index in [-0.39, 0.29) is 23.1 Å². The van der Waals surface area contributed by atoms with E-state index < -0.39 is 41.8 Å². The minimum Gasteiger partial charge on any atom is -0.456 e. The highest BCUT2D eigenvalue weighted by molar-refractivity contribution is 6.08. The summed E-state index contributed by atoms with van der Waals surface area (Å²) in [4.78, 5) is 30.1. The van der Waals surface area contributed by atoms with Gasteiger partial charge in [-0.05, 0) is 77.0 Å². The van der Waals surface area contributed by atoms with Gasteiger partial charge in [-0.1, -0.05) is 12.1 Å². The number of hydrogen-bond donors (Lipinski definition) is 2. The molecule has 1 saturated heterocycles. The van der Waals surface area contributed by atoms with E-state index in [1.807, 2.05) is 20.2 Å². The van der Waals surface area contributed by atoms with Crippen LogP contribution in [0.5, 0.6) is 0 Å². The third-order valence-electron chi connectivity index (χ3n) is 8.28. The van der Waals surface area contributed by atoms with Gasteiger partial charge in [-0.3, -0.25) is 14.9 Å². The van der Waals surface area contributed by atoms with E-state index in [9.17, 15) is 32.4 Å². The molecule has 1 aromatic heterocycles. The van der Waals surface area contributed by atoms with Gasteiger partial charge < -0.3 is 19.5 Å². The van der Waals surface area contributed by atoms with E-state index in [1.54, 1.807) is 23.1 Å². The fraction of sp³-hybridized carbons (Fsp3) is 0.516. The Labute approximate surface area is 247 Å². The van der Waals surface area contributed by atoms with Gasteiger partial charge in [-0.25, -0.2) is 4.39 Å². The van der Waals surface area contributed by atoms with Crippen molar-refractivity contribution in [1.82, 2.24) is 20.4 Å². The number of nitrogens with zero attached hydrogens (tertiary/aromatic N) is 3. The summed E-state index contributed by atoms with van der Waals surface area (Å²) in [7, 11) is 3.95. The maximum Gasteiger partial charge on any atom is 0.407 e. The van der Waals surface area contributed by atoms with Crippen LogP contribution < -0.4 is 10.6 Å². The van der Waals surface area contributed by atoms with Crippen LogP contribution in [0.25, 0.3) is 21.9 Å². The number of benzene rings is 2. The molecule has 2 N–H and O–H groups in total. The Morgan fingerprint density at radius 1 is 1.12 bits per heavy atom. The van der Waals surface area contributed by atoms with Crippen LogP contribution in [0.4, 0.5) is 17.6 Å². The first-order valence-electron chi connectivity index (χ1n) is 14.3. The third-order valence-corrected chi connectivity index (χ3v) is 8.28. The zero-order valence-electron chi connectivity index (χ0n) is 24.5. The number of rotatable bonds is 9. The molecule has 3 atom stereocenters. The van der Waals surface area contributed by atoms with Crippen LogP contribution in [-0.2, 0) is 4.79 Å². The summed E-state index contributed by atoms with van der Waals surface area (Å²) < 4.78 is 63.8. The quantitative estimate of drug-likeness (QED) is 0.326. The molecule has 0 bridgehead atoms. The molecule has 1 aliphatic heterocycles. The molecular weight excluding hydrogens is 566 g/mol. The molecule has 3 aromatic rings. The summed E-state index contributed by atoms with van der Waals surface area (Å²) >= 11 is 0. The number of nitrogens with one attached hydrogen (secondary N) is 2. The Kier molecular flexibility index (Phi) is 7.94. The molecule has 0 spiro atoms. The zero-order chi connectivity index (χ0) is 31.3. The number of halogens is 4. The van der Waals surface area contributed by atoms with E-state index in [0.717, 1.165) is 6.42 Å². The summed E-state index contributed by atoms with van der Waals surface area (Å²) in [5, 5.41) is 15.3. The number of likely N-dealkylation sites (tertiary alicyclic amines) is 1. The number of amides is 2. The summed E-state index contributed by atoms with van der Waals surface area (Å²) in [6, 6.07) is 7.36. The maximum atomic E-state index is 14.6. The van der Waals surface area contributed by atoms with Crippen molar-refractivity contribution in [3.05, 3.63) is 47.5 Å². The Hall–Kier alpha value is -3.69. The van der Waals surface area contributed by atoms with E-state index in [2.05, 4.69) is 15.5 Å². The van der Waals surface area contributed by atoms with Crippen molar-refractivity contribution in [2.24, 2.45) is 0 Å². The van der Waals surface area contributed by atoms with Gasteiger partial charge in [-0.15, -0.1) is 0 Å². The van der Waals surface area contributed by atoms with Crippen LogP contribution in [0.15, 0.2) is 40.8 Å². The van der Waals surface area contributed by atoms with Crippen LogP contribution in [0.2, 0.25) is 0 Å². The highest BCUT2D eigenvalue weighted by Crippen LogP contribution is 2.39. The van der Waals surface area contributed by atoms with Crippen LogP contribution in [0.1, 0.15) is 61.5 Å². The number of nitriles is 1. The number of carbonyl (C=O) groups is 2. The molecule has 1 aliphatic carbocycles. The second-order valence-corrected chi connectivity index (χ2v) is 12.5. The number of furan rings is 1. The van der Waals surface area contributed by atoms with Gasteiger partial charge in [-0.2, -0.15) is 18.4 Å². The molecule has 2 aliphatic rings. The smallest absolute Gasteiger partial charge is 0.407 e. The molecule has 43 heavy (non-hydrogen) atoms. The van der Waals surface area contributed by atoms with Crippen LogP contribution >= 0.6 is 0 Å². The Morgan fingerprint density at radius 3 is 2.42 bits per heavy atom. The number of alkyl halides is 4. The molecule has 1 unspecified atom stereocenters. The van der Waals surface area contributed by atoms with Crippen molar-refractivity contribution in [2.45, 2.75) is 75.0 Å². The van der Waals surface area contributed by atoms with E-state index in [1.165, 1.54) is 32.0 Å². The largest absolute Gasteiger partial charge is 0.456 e. The summed E-state index contributed by atoms with van der Waals surface area (Å²) in [6.45, 7) is 3.61. The lowest BCUT2D eigenvalue weighted by Gasteiger charge is -2.30. The molecule has 8 nitrogen and oxygen atoms in total. The minimum absolute atomic E-state index is 0.122. The van der Waals surface area contributed by atoms with Crippen LogP contribution in [0, 0.1) is 11.3 Å². The van der Waals surface area contributed by atoms with Crippen LogP contribution in [-0.4, -0.2) is 78.3 Å². The first-order chi connectivity index (χ1) is 20.1. The molecule has 12 heteroatoms. The predicted octanol–water partition coefficient (Wildman–Crippen LogP) is 5.23. The number of carbonyl (C=O) groups excluding carboxylic acids is 2. The average Bonchev–Trinajstić information content (AvgIpc) is 3.35. The lowest BCUT2D eigenvalue weighted by Crippen LogP contribution is -2.53. The van der Waals surface area contributed by atoms with Crippen molar-refractivity contribution in [1.29, 1.82) is 5.26 Å². The van der Waals surface area contributed by atoms with E-state index >= 15 is 0 Å². The van der Waals surface area contributed by atoms with Gasteiger partial charge >= 0.3 is 6.18 Å². The molecule has 230 valence electrons. The zero-order valence-corrected chi connectivity index (χ0v) is 24.5. The van der Waals surface area contributed by atoms with Gasteiger partial charge in [0.05, 0.1) is 12.1 Å². The predicted molar refractivity (Wildman–Crippen MR) is 153 cm³/mol. The maximum absolute atomic E-state index is 14.6. The SMILES string of the molecule is CN(C)[C@@H]1CCN(C(=O)c2ccc3oc4cc([C@H](NC(CC(C)(C)F)C(=O)NC5(C#N)CC5)C(F)(F)F)ccc4c3c2)C1. The van der Waals surface area contributed by atoms with Gasteiger partial charge in [0, 0.05) is 41.9 Å². The summed E-state index contributed by atoms with van der Waals surface area (Å²) in [6.07, 6.45) is -3.74. The minimum atomic E-state index is -4.84. The fourth-order valence-corrected chi connectivity index (χ4v) is 5.64. The molecule has 5 rings (SSSR count). The van der Waals surface area contributed by atoms with Gasteiger partial charge in [0.25, 0.3) is 5.91 Å². The second-order valence-electron chi connectivity index (χ2n) is 12.5. The van der Waals surface area contributed by atoms with Gasteiger partial charge in [0.15, 0.2) is 0 Å². The highest BCUT2D eigenvalue weighted by atomic mass is 19.4. The van der Waals surface area contributed by atoms with Crippen molar-refractivity contribution in [3.63, 3.8) is 0 Å². The molecule has 2 fully saturated rings. The van der Waals surface area contributed by atoms with Crippen molar-refractivity contribution >= 4 is 33.8 Å². The monoisotopic (exact) mass is 601 g/mol. The van der Waals surface area contributed by atoms with E-state index in [0.29, 0.717) is 47.9 Å². The topological polar surface area (TPSA) is 102 Å². The number of likely N-dealkylation sites (N-methyl/N-ethyl adjacent to an activating group) is 1. The summed E-state index contributed by atoms with van der Waals surface area (Å²) in [5.74, 6) is -0.987. The first kappa shape index (κ1) is 30.8. The van der Waals surface area contributed by atoms with Crippen molar-refractivity contribution < 1.29 is 31.6 Å². The highest BCUT2D eigenvalue weighted by Gasteiger charge is 2.48. The lowest BCUT2D eigenvalue weighted by atomic mass is 9.97. The molecule has 2 amide bonds. The molecule has 1 saturated carbocycles. The number of hydrogen-bond acceptors (Lipinski definition) is 6. The standard InChI is InChI=1S/C31H35F4N5O3/c1-29(2,32)15-23(27(41)38-30(17-36)10-11-30)37-26(31(33,34)35)18-5-7-21-22-13-19(6-8-24(22)43-25(21)14-18)28(42)40-12-9-20(16-40)39(3)4/h5-8,13-14,20,23,26,37H,9-12,15-16H2,1-4H3,(H,38,41)/t20-,23?,26+/m1/s1. The molecule has 0 radical (unpaired) electrons. The Bertz CT molecular complexity index is 1580. The Balaban J connectivity index is 1.44. The van der Waals surface area contributed by atoms with E-state index in [4.69, 9.17) is 4.42 Å². The fourth-order valence-electron chi connectivity index (χ4n) is 5.64. The summed E-state index contributed by atoms with van der Waals surface area (Å²) in [5.41, 5.74) is -2.26. The van der Waals surface area contributed by atoms with Gasteiger partial charge in [0.1, 0.15) is 28.4 Å². The molecule has 2 aromatic carbocycles.